The highest BCUT2D eigenvalue weighted by Crippen LogP contribution is 2.47. The molecule has 11 nitrogen and oxygen atoms in total. The van der Waals surface area contributed by atoms with E-state index in [1.54, 1.807) is 34.6 Å². The lowest BCUT2D eigenvalue weighted by Crippen LogP contribution is -2.61. The van der Waals surface area contributed by atoms with Crippen molar-refractivity contribution in [2.45, 2.75) is 63.4 Å². The molecule has 48 heavy (non-hydrogen) atoms. The fraction of sp³-hybridized carbons (Fsp3) is 0.364. The van der Waals surface area contributed by atoms with E-state index in [1.807, 2.05) is 0 Å². The number of carbonyl (C=O) groups is 1. The van der Waals surface area contributed by atoms with Crippen LogP contribution in [0.5, 0.6) is 5.75 Å². The van der Waals surface area contributed by atoms with Gasteiger partial charge in [-0.1, -0.05) is 40.3 Å². The number of anilines is 1. The van der Waals surface area contributed by atoms with E-state index in [9.17, 15) is 23.1 Å². The first-order chi connectivity index (χ1) is 22.6. The normalized spacial score (nSPS) is 18.7. The number of rotatable bonds is 5. The summed E-state index contributed by atoms with van der Waals surface area (Å²) in [6.45, 7) is 12.2. The molecular formula is C33H33F3N6O5S. The average Bonchev–Trinajstić information content (AvgIpc) is 3.11. The van der Waals surface area contributed by atoms with Crippen LogP contribution < -0.4 is 10.6 Å². The highest BCUT2D eigenvalue weighted by molar-refractivity contribution is 7.91. The average molecular weight is 683 g/mol. The molecule has 2 aliphatic rings. The number of amides is 1. The summed E-state index contributed by atoms with van der Waals surface area (Å²) in [6.07, 6.45) is 2.38. The second kappa shape index (κ2) is 11.7. The Morgan fingerprint density at radius 1 is 1.04 bits per heavy atom. The van der Waals surface area contributed by atoms with Gasteiger partial charge in [-0.05, 0) is 37.0 Å². The van der Waals surface area contributed by atoms with E-state index in [0.717, 1.165) is 28.8 Å². The summed E-state index contributed by atoms with van der Waals surface area (Å²) in [5, 5.41) is 10.2. The minimum atomic E-state index is -4.74. The van der Waals surface area contributed by atoms with Crippen molar-refractivity contribution < 1.29 is 31.5 Å². The summed E-state index contributed by atoms with van der Waals surface area (Å²) in [7, 11) is -4.74. The number of phenols is 1. The van der Waals surface area contributed by atoms with Gasteiger partial charge in [-0.15, -0.1) is 0 Å². The molecule has 0 bridgehead atoms. The maximum atomic E-state index is 17.4. The summed E-state index contributed by atoms with van der Waals surface area (Å²) >= 11 is 0. The predicted molar refractivity (Wildman–Crippen MR) is 173 cm³/mol. The molecule has 6 rings (SSSR count). The third-order valence-electron chi connectivity index (χ3n) is 8.83. The summed E-state index contributed by atoms with van der Waals surface area (Å²) in [5.41, 5.74) is -3.22. The zero-order valence-corrected chi connectivity index (χ0v) is 27.6. The Hall–Kier alpha value is -4.79. The molecule has 15 heteroatoms. The highest BCUT2D eigenvalue weighted by atomic mass is 32.2. The Kier molecular flexibility index (Phi) is 8.09. The number of aromatic hydroxyl groups is 1. The van der Waals surface area contributed by atoms with Crippen LogP contribution in [0.15, 0.2) is 46.9 Å². The molecule has 0 aliphatic carbocycles. The molecule has 252 valence electrons. The summed E-state index contributed by atoms with van der Waals surface area (Å²) < 4.78 is 79.3. The van der Waals surface area contributed by atoms with E-state index in [4.69, 9.17) is 0 Å². The number of aromatic nitrogens is 4. The number of piperazine rings is 1. The van der Waals surface area contributed by atoms with Crippen molar-refractivity contribution >= 4 is 32.5 Å². The number of sulfone groups is 1. The first-order valence-corrected chi connectivity index (χ1v) is 17.0. The van der Waals surface area contributed by atoms with E-state index >= 15 is 13.2 Å². The Morgan fingerprint density at radius 3 is 2.27 bits per heavy atom. The van der Waals surface area contributed by atoms with Gasteiger partial charge in [0, 0.05) is 19.1 Å². The molecule has 1 saturated heterocycles. The molecule has 2 aliphatic heterocycles. The van der Waals surface area contributed by atoms with Gasteiger partial charge >= 0.3 is 5.69 Å². The van der Waals surface area contributed by atoms with Crippen molar-refractivity contribution in [2.24, 2.45) is 0 Å². The van der Waals surface area contributed by atoms with Gasteiger partial charge in [0.05, 0.1) is 50.9 Å². The van der Waals surface area contributed by atoms with Crippen molar-refractivity contribution in [3.63, 3.8) is 0 Å². The van der Waals surface area contributed by atoms with Gasteiger partial charge in [0.25, 0.3) is 0 Å². The fourth-order valence-electron chi connectivity index (χ4n) is 6.86. The number of hydrogen-bond acceptors (Lipinski definition) is 9. The van der Waals surface area contributed by atoms with Gasteiger partial charge in [-0.25, -0.2) is 36.4 Å². The maximum absolute atomic E-state index is 17.4. The molecule has 4 aromatic rings. The lowest BCUT2D eigenvalue weighted by atomic mass is 9.98. The van der Waals surface area contributed by atoms with Crippen LogP contribution in [0, 0.1) is 17.5 Å². The van der Waals surface area contributed by atoms with E-state index in [2.05, 4.69) is 21.5 Å². The molecule has 4 heterocycles. The van der Waals surface area contributed by atoms with Crippen LogP contribution >= 0.6 is 0 Å². The molecule has 2 atom stereocenters. The van der Waals surface area contributed by atoms with Crippen molar-refractivity contribution in [1.82, 2.24) is 24.4 Å². The molecule has 2 aromatic heterocycles. The Balaban J connectivity index is 1.87. The van der Waals surface area contributed by atoms with Crippen LogP contribution in [0.1, 0.15) is 57.8 Å². The molecular weight excluding hydrogens is 649 g/mol. The molecule has 0 radical (unpaired) electrons. The number of carbonyl (C=O) groups excluding carboxylic acids is 1. The van der Waals surface area contributed by atoms with E-state index in [0.29, 0.717) is 11.4 Å². The second-order valence-corrected chi connectivity index (χ2v) is 14.7. The van der Waals surface area contributed by atoms with Crippen LogP contribution in [0.25, 0.3) is 27.7 Å². The zero-order valence-electron chi connectivity index (χ0n) is 26.8. The fourth-order valence-corrected chi connectivity index (χ4v) is 8.67. The largest absolute Gasteiger partial charge is 0.507 e. The lowest BCUT2D eigenvalue weighted by Gasteiger charge is -2.45. The van der Waals surface area contributed by atoms with Gasteiger partial charge in [-0.3, -0.25) is 9.36 Å². The maximum Gasteiger partial charge on any atom is 0.354 e. The van der Waals surface area contributed by atoms with Crippen LogP contribution in [-0.2, 0) is 14.6 Å². The van der Waals surface area contributed by atoms with Gasteiger partial charge < -0.3 is 14.9 Å². The molecule has 1 amide bonds. The van der Waals surface area contributed by atoms with Gasteiger partial charge in [0.2, 0.25) is 5.91 Å². The van der Waals surface area contributed by atoms with Crippen molar-refractivity contribution in [2.75, 3.05) is 23.7 Å². The Labute approximate surface area is 274 Å². The first-order valence-electron chi connectivity index (χ1n) is 15.3. The topological polar surface area (TPSA) is 139 Å². The van der Waals surface area contributed by atoms with E-state index in [1.165, 1.54) is 16.1 Å². The van der Waals surface area contributed by atoms with Crippen LogP contribution in [0.2, 0.25) is 0 Å². The number of benzene rings is 2. The van der Waals surface area contributed by atoms with Crippen LogP contribution in [-0.4, -0.2) is 74.8 Å². The van der Waals surface area contributed by atoms with Crippen LogP contribution in [0.4, 0.5) is 19.0 Å². The summed E-state index contributed by atoms with van der Waals surface area (Å²) in [4.78, 5) is 41.9. The quantitative estimate of drug-likeness (QED) is 0.237. The minimum Gasteiger partial charge on any atom is -0.507 e. The summed E-state index contributed by atoms with van der Waals surface area (Å²) in [6, 6.07) is 1.28. The monoisotopic (exact) mass is 682 g/mol. The molecule has 1 fully saturated rings. The van der Waals surface area contributed by atoms with E-state index < -0.39 is 89.4 Å². The number of phenolic OH excluding ortho intramolecular Hbond substituents is 1. The molecule has 2 unspecified atom stereocenters. The van der Waals surface area contributed by atoms with Gasteiger partial charge in [0.15, 0.2) is 21.5 Å². The third-order valence-corrected chi connectivity index (χ3v) is 10.7. The van der Waals surface area contributed by atoms with Crippen molar-refractivity contribution in [1.29, 1.82) is 0 Å². The van der Waals surface area contributed by atoms with Gasteiger partial charge in [-0.2, -0.15) is 4.98 Å². The third kappa shape index (κ3) is 4.93. The first kappa shape index (κ1) is 33.1. The standard InChI is InChI=1S/C33H33F3N6O5S/c1-7-21(44)40-11-17(6)41-18(12-40)13-48(46,47)31-24-29(25(35)23(26(31)36)22-19(34)9-8-10-20(22)43)42(33(45)39-32(24)41)30-27(15(2)3)37-14-38-28(30)16(4)5/h7-10,14-18,43H,1,11-13H2,2-6H3. The second-order valence-electron chi connectivity index (χ2n) is 12.7. The highest BCUT2D eigenvalue weighted by Gasteiger charge is 2.45. The molecule has 0 spiro atoms. The lowest BCUT2D eigenvalue weighted by molar-refractivity contribution is -0.127. The number of hydrogen-bond donors (Lipinski definition) is 1. The van der Waals surface area contributed by atoms with Gasteiger partial charge in [0.1, 0.15) is 28.6 Å². The molecule has 1 N–H and O–H groups in total. The zero-order chi connectivity index (χ0) is 35.0. The smallest absolute Gasteiger partial charge is 0.354 e. The molecule has 2 aromatic carbocycles. The minimum absolute atomic E-state index is 0.0272. The summed E-state index contributed by atoms with van der Waals surface area (Å²) in [5.74, 6) is -7.48. The van der Waals surface area contributed by atoms with E-state index in [-0.39, 0.29) is 36.4 Å². The number of halogens is 3. The van der Waals surface area contributed by atoms with Crippen molar-refractivity contribution in [3.8, 4) is 22.6 Å². The number of nitrogens with zero attached hydrogens (tertiary/aromatic N) is 6. The Morgan fingerprint density at radius 2 is 1.69 bits per heavy atom. The predicted octanol–water partition coefficient (Wildman–Crippen LogP) is 4.59. The molecule has 0 saturated carbocycles. The van der Waals surface area contributed by atoms with Crippen LogP contribution in [0.3, 0.4) is 0 Å². The van der Waals surface area contributed by atoms with Crippen molar-refractivity contribution in [3.05, 3.63) is 76.5 Å². The SMILES string of the molecule is C=CC(=O)N1CC(C)N2c3nc(=O)n(-c4c(C(C)C)ncnc4C(C)C)c4c(F)c(-c5c(O)cccc5F)c(F)c(c34)S(=O)(=O)CC2C1. The Bertz CT molecular complexity index is 2160. The number of fused-ring (bicyclic) bond motifs is 2.